The predicted octanol–water partition coefficient (Wildman–Crippen LogP) is 3.05. The van der Waals surface area contributed by atoms with E-state index in [2.05, 4.69) is 5.32 Å². The summed E-state index contributed by atoms with van der Waals surface area (Å²) < 4.78 is 17.2. The number of hydrogen-bond acceptors (Lipinski definition) is 4. The zero-order chi connectivity index (χ0) is 19.6. The highest BCUT2D eigenvalue weighted by atomic mass is 127. The number of rotatable bonds is 6. The van der Waals surface area contributed by atoms with E-state index in [1.165, 1.54) is 22.0 Å². The topological polar surface area (TPSA) is 71.3 Å². The number of nitrogens with one attached hydrogen (secondary N) is 1. The molecule has 5 nitrogen and oxygen atoms in total. The number of aliphatic hydroxyl groups excluding tert-OH is 1. The lowest BCUT2D eigenvalue weighted by molar-refractivity contribution is 0.0951. The fraction of sp³-hybridized carbons (Fsp3) is 0.263. The Morgan fingerprint density at radius 2 is 2.15 bits per heavy atom. The third-order valence-corrected chi connectivity index (χ3v) is 5.94. The van der Waals surface area contributed by atoms with Crippen LogP contribution in [0, 0.1) is 9.39 Å². The third-order valence-electron chi connectivity index (χ3n) is 4.34. The van der Waals surface area contributed by atoms with Gasteiger partial charge in [-0.3, -0.25) is 9.59 Å². The molecule has 1 amide bonds. The second-order valence-electron chi connectivity index (χ2n) is 6.09. The first-order valence-corrected chi connectivity index (χ1v) is 10.3. The van der Waals surface area contributed by atoms with Crippen molar-refractivity contribution in [2.24, 2.45) is 7.05 Å². The summed E-state index contributed by atoms with van der Waals surface area (Å²) in [5.41, 5.74) is 1.07. The minimum Gasteiger partial charge on any atom is -0.396 e. The second kappa shape index (κ2) is 8.49. The van der Waals surface area contributed by atoms with Gasteiger partial charge < -0.3 is 15.0 Å². The molecular formula is C19H18FIN2O3S. The first kappa shape index (κ1) is 20.0. The van der Waals surface area contributed by atoms with Crippen molar-refractivity contribution in [3.05, 3.63) is 66.2 Å². The molecule has 2 N–H and O–H groups in total. The fourth-order valence-electron chi connectivity index (χ4n) is 2.93. The Morgan fingerprint density at radius 3 is 2.85 bits per heavy atom. The summed E-state index contributed by atoms with van der Waals surface area (Å²) >= 11 is 3.35. The molecule has 3 aromatic rings. The molecule has 8 heteroatoms. The standard InChI is InChI=1S/C19H18FIN2O3S/c1-23-15(9-11-3-4-12(21)10-14(11)20)16(18(25)22-6-2-7-24)17-13(19(23)26)5-8-27-17/h3-5,8,10,24H,2,6-7,9H2,1H3,(H,22,25). The highest BCUT2D eigenvalue weighted by Gasteiger charge is 2.22. The van der Waals surface area contributed by atoms with Gasteiger partial charge in [0.1, 0.15) is 5.82 Å². The first-order chi connectivity index (χ1) is 12.9. The lowest BCUT2D eigenvalue weighted by atomic mass is 10.0. The van der Waals surface area contributed by atoms with Crippen LogP contribution in [0.15, 0.2) is 34.4 Å². The first-order valence-electron chi connectivity index (χ1n) is 8.36. The fourth-order valence-corrected chi connectivity index (χ4v) is 4.33. The molecule has 0 aliphatic rings. The van der Waals surface area contributed by atoms with Crippen LogP contribution in [-0.2, 0) is 13.5 Å². The van der Waals surface area contributed by atoms with Crippen LogP contribution in [0.4, 0.5) is 4.39 Å². The Bertz CT molecular complexity index is 1060. The molecule has 0 spiro atoms. The van der Waals surface area contributed by atoms with E-state index in [9.17, 15) is 14.0 Å². The van der Waals surface area contributed by atoms with Crippen molar-refractivity contribution in [1.82, 2.24) is 9.88 Å². The molecule has 142 valence electrons. The quantitative estimate of drug-likeness (QED) is 0.404. The van der Waals surface area contributed by atoms with Gasteiger partial charge in [0, 0.05) is 35.9 Å². The van der Waals surface area contributed by atoms with Crippen molar-refractivity contribution < 1.29 is 14.3 Å². The van der Waals surface area contributed by atoms with E-state index < -0.39 is 0 Å². The Labute approximate surface area is 173 Å². The van der Waals surface area contributed by atoms with E-state index in [1.54, 1.807) is 30.6 Å². The van der Waals surface area contributed by atoms with E-state index in [1.807, 2.05) is 22.6 Å². The number of pyridine rings is 1. The summed E-state index contributed by atoms with van der Waals surface area (Å²) in [5.74, 6) is -0.695. The Balaban J connectivity index is 2.14. The van der Waals surface area contributed by atoms with Gasteiger partial charge in [0.25, 0.3) is 11.5 Å². The molecule has 0 saturated heterocycles. The molecule has 0 saturated carbocycles. The van der Waals surface area contributed by atoms with Gasteiger partial charge in [-0.25, -0.2) is 4.39 Å². The second-order valence-corrected chi connectivity index (χ2v) is 8.26. The lowest BCUT2D eigenvalue weighted by Gasteiger charge is -2.16. The molecule has 0 unspecified atom stereocenters. The number of fused-ring (bicyclic) bond motifs is 1. The number of thiophene rings is 1. The Kier molecular flexibility index (Phi) is 6.28. The average Bonchev–Trinajstić information content (AvgIpc) is 3.11. The number of halogens is 2. The highest BCUT2D eigenvalue weighted by Crippen LogP contribution is 2.27. The maximum absolute atomic E-state index is 14.4. The third kappa shape index (κ3) is 4.07. The zero-order valence-corrected chi connectivity index (χ0v) is 17.6. The maximum Gasteiger partial charge on any atom is 0.259 e. The number of carbonyl (C=O) groups excluding carboxylic acids is 1. The van der Waals surface area contributed by atoms with Crippen LogP contribution in [0.25, 0.3) is 10.1 Å². The van der Waals surface area contributed by atoms with Crippen molar-refractivity contribution in [3.8, 4) is 0 Å². The van der Waals surface area contributed by atoms with Gasteiger partial charge in [0.2, 0.25) is 0 Å². The Morgan fingerprint density at radius 1 is 1.37 bits per heavy atom. The normalized spacial score (nSPS) is 11.1. The van der Waals surface area contributed by atoms with E-state index in [0.717, 1.165) is 3.57 Å². The number of aliphatic hydroxyl groups is 1. The number of aromatic nitrogens is 1. The average molecular weight is 500 g/mol. The van der Waals surface area contributed by atoms with Crippen molar-refractivity contribution in [2.75, 3.05) is 13.2 Å². The minimum absolute atomic E-state index is 0.0251. The summed E-state index contributed by atoms with van der Waals surface area (Å²) in [4.78, 5) is 25.5. The van der Waals surface area contributed by atoms with Crippen molar-refractivity contribution in [1.29, 1.82) is 0 Å². The van der Waals surface area contributed by atoms with Crippen LogP contribution in [0.3, 0.4) is 0 Å². The SMILES string of the molecule is Cn1c(Cc2ccc(I)cc2F)c(C(=O)NCCCO)c2sccc2c1=O. The van der Waals surface area contributed by atoms with Gasteiger partial charge in [-0.1, -0.05) is 6.07 Å². The van der Waals surface area contributed by atoms with Crippen molar-refractivity contribution in [2.45, 2.75) is 12.8 Å². The molecule has 27 heavy (non-hydrogen) atoms. The van der Waals surface area contributed by atoms with Gasteiger partial charge in [-0.05, 0) is 58.2 Å². The molecule has 1 aromatic carbocycles. The molecular weight excluding hydrogens is 482 g/mol. The molecule has 0 bridgehead atoms. The van der Waals surface area contributed by atoms with Gasteiger partial charge in [0.05, 0.1) is 15.6 Å². The van der Waals surface area contributed by atoms with Gasteiger partial charge in [0.15, 0.2) is 0 Å². The van der Waals surface area contributed by atoms with Crippen LogP contribution < -0.4 is 10.9 Å². The molecule has 0 aliphatic carbocycles. The summed E-state index contributed by atoms with van der Waals surface area (Å²) in [6, 6.07) is 6.59. The summed E-state index contributed by atoms with van der Waals surface area (Å²) in [7, 11) is 1.60. The Hall–Kier alpha value is -1.78. The molecule has 3 rings (SSSR count). The van der Waals surface area contributed by atoms with E-state index in [-0.39, 0.29) is 30.3 Å². The molecule has 0 fully saturated rings. The predicted molar refractivity (Wildman–Crippen MR) is 113 cm³/mol. The molecule has 2 heterocycles. The number of amides is 1. The zero-order valence-electron chi connectivity index (χ0n) is 14.6. The van der Waals surface area contributed by atoms with Crippen LogP contribution in [0.2, 0.25) is 0 Å². The number of benzene rings is 1. The molecule has 2 aromatic heterocycles. The van der Waals surface area contributed by atoms with Crippen molar-refractivity contribution in [3.63, 3.8) is 0 Å². The van der Waals surface area contributed by atoms with E-state index in [0.29, 0.717) is 39.9 Å². The van der Waals surface area contributed by atoms with Crippen LogP contribution in [0.5, 0.6) is 0 Å². The minimum atomic E-state index is -0.368. The summed E-state index contributed by atoms with van der Waals surface area (Å²) in [5, 5.41) is 14.0. The van der Waals surface area contributed by atoms with E-state index in [4.69, 9.17) is 5.11 Å². The summed E-state index contributed by atoms with van der Waals surface area (Å²) in [6.07, 6.45) is 0.567. The smallest absolute Gasteiger partial charge is 0.259 e. The highest BCUT2D eigenvalue weighted by molar-refractivity contribution is 14.1. The molecule has 0 aliphatic heterocycles. The van der Waals surface area contributed by atoms with Crippen LogP contribution in [-0.4, -0.2) is 28.7 Å². The van der Waals surface area contributed by atoms with Gasteiger partial charge in [-0.15, -0.1) is 11.3 Å². The van der Waals surface area contributed by atoms with Gasteiger partial charge >= 0.3 is 0 Å². The van der Waals surface area contributed by atoms with Crippen molar-refractivity contribution >= 4 is 49.9 Å². The molecule has 0 atom stereocenters. The number of nitrogens with zero attached hydrogens (tertiary/aromatic N) is 1. The van der Waals surface area contributed by atoms with Crippen LogP contribution in [0.1, 0.15) is 28.0 Å². The molecule has 0 radical (unpaired) electrons. The monoisotopic (exact) mass is 500 g/mol. The number of hydrogen-bond donors (Lipinski definition) is 2. The largest absolute Gasteiger partial charge is 0.396 e. The lowest BCUT2D eigenvalue weighted by Crippen LogP contribution is -2.30. The number of carbonyl (C=O) groups is 1. The van der Waals surface area contributed by atoms with Gasteiger partial charge in [-0.2, -0.15) is 0 Å². The van der Waals surface area contributed by atoms with E-state index >= 15 is 0 Å². The maximum atomic E-state index is 14.4. The van der Waals surface area contributed by atoms with Crippen LogP contribution >= 0.6 is 33.9 Å². The summed E-state index contributed by atoms with van der Waals surface area (Å²) in [6.45, 7) is 0.297.